The minimum atomic E-state index is -0.525. The summed E-state index contributed by atoms with van der Waals surface area (Å²) in [7, 11) is 1.59. The van der Waals surface area contributed by atoms with Gasteiger partial charge in [-0.25, -0.2) is 0 Å². The molecule has 7 nitrogen and oxygen atoms in total. The van der Waals surface area contributed by atoms with Gasteiger partial charge in [-0.15, -0.1) is 0 Å². The van der Waals surface area contributed by atoms with Crippen LogP contribution in [0.1, 0.15) is 34.1 Å². The highest BCUT2D eigenvalue weighted by molar-refractivity contribution is 6.03. The van der Waals surface area contributed by atoms with Crippen LogP contribution in [0.4, 0.5) is 0 Å². The highest BCUT2D eigenvalue weighted by Gasteiger charge is 2.25. The second-order valence-corrected chi connectivity index (χ2v) is 7.04. The maximum Gasteiger partial charge on any atom is 0.265 e. The van der Waals surface area contributed by atoms with Crippen molar-refractivity contribution in [2.45, 2.75) is 19.0 Å². The molecule has 1 atom stereocenters. The van der Waals surface area contributed by atoms with Crippen LogP contribution in [0.15, 0.2) is 76.4 Å². The Labute approximate surface area is 172 Å². The van der Waals surface area contributed by atoms with Crippen molar-refractivity contribution in [1.29, 1.82) is 0 Å². The third kappa shape index (κ3) is 3.75. The van der Waals surface area contributed by atoms with E-state index in [-0.39, 0.29) is 17.7 Å². The molecule has 0 amide bonds. The standard InChI is InChI=1S/C23H21N3O4/c1-26-18-6-3-2-5-16(18)22(28)21(23(26)29)19(27)13-17(20-7-4-12-30-20)25-14-15-8-10-24-11-9-15/h2-12,17,25,28H,13-14H2,1H3/t17-/m0/s1. The Morgan fingerprint density at radius 3 is 2.67 bits per heavy atom. The van der Waals surface area contributed by atoms with E-state index in [0.717, 1.165) is 5.56 Å². The number of hydrogen-bond donors (Lipinski definition) is 2. The lowest BCUT2D eigenvalue weighted by molar-refractivity contribution is 0.0959. The van der Waals surface area contributed by atoms with Gasteiger partial charge in [-0.2, -0.15) is 0 Å². The second-order valence-electron chi connectivity index (χ2n) is 7.04. The predicted molar refractivity (Wildman–Crippen MR) is 112 cm³/mol. The number of furan rings is 1. The first-order valence-corrected chi connectivity index (χ1v) is 9.56. The molecular weight excluding hydrogens is 382 g/mol. The number of para-hydroxylation sites is 1. The number of benzene rings is 1. The summed E-state index contributed by atoms with van der Waals surface area (Å²) in [4.78, 5) is 30.0. The Balaban J connectivity index is 1.65. The minimum Gasteiger partial charge on any atom is -0.506 e. The zero-order chi connectivity index (χ0) is 21.1. The lowest BCUT2D eigenvalue weighted by Gasteiger charge is -2.17. The summed E-state index contributed by atoms with van der Waals surface area (Å²) >= 11 is 0. The van der Waals surface area contributed by atoms with Crippen LogP contribution in [0.2, 0.25) is 0 Å². The topological polar surface area (TPSA) is 97.4 Å². The highest BCUT2D eigenvalue weighted by Crippen LogP contribution is 2.28. The summed E-state index contributed by atoms with van der Waals surface area (Å²) in [5, 5.41) is 14.4. The van der Waals surface area contributed by atoms with Gasteiger partial charge in [-0.3, -0.25) is 14.6 Å². The van der Waals surface area contributed by atoms with Crippen LogP contribution in [0.25, 0.3) is 10.9 Å². The summed E-state index contributed by atoms with van der Waals surface area (Å²) in [6.07, 6.45) is 4.88. The van der Waals surface area contributed by atoms with Crippen molar-refractivity contribution in [3.05, 3.63) is 94.4 Å². The quantitative estimate of drug-likeness (QED) is 0.460. The molecular formula is C23H21N3O4. The Morgan fingerprint density at radius 2 is 1.93 bits per heavy atom. The number of Topliss-reactive ketones (excluding diaryl/α,β-unsaturated/α-hetero) is 1. The average molecular weight is 403 g/mol. The van der Waals surface area contributed by atoms with E-state index in [1.165, 1.54) is 10.8 Å². The minimum absolute atomic E-state index is 0.0419. The predicted octanol–water partition coefficient (Wildman–Crippen LogP) is 3.34. The lowest BCUT2D eigenvalue weighted by Crippen LogP contribution is -2.28. The van der Waals surface area contributed by atoms with Crippen molar-refractivity contribution in [2.75, 3.05) is 0 Å². The number of aryl methyl sites for hydroxylation is 1. The lowest BCUT2D eigenvalue weighted by atomic mass is 10.00. The Bertz CT molecular complexity index is 1230. The molecule has 3 aromatic heterocycles. The zero-order valence-electron chi connectivity index (χ0n) is 16.4. The third-order valence-electron chi connectivity index (χ3n) is 5.13. The first-order chi connectivity index (χ1) is 14.6. The van der Waals surface area contributed by atoms with Crippen LogP contribution in [0.3, 0.4) is 0 Å². The first-order valence-electron chi connectivity index (χ1n) is 9.56. The molecule has 152 valence electrons. The molecule has 3 heterocycles. The Hall–Kier alpha value is -3.71. The van der Waals surface area contributed by atoms with Gasteiger partial charge in [0.25, 0.3) is 5.56 Å². The van der Waals surface area contributed by atoms with E-state index < -0.39 is 17.4 Å². The van der Waals surface area contributed by atoms with Gasteiger partial charge in [0.2, 0.25) is 0 Å². The van der Waals surface area contributed by atoms with Crippen LogP contribution >= 0.6 is 0 Å². The summed E-state index contributed by atoms with van der Waals surface area (Å²) in [6.45, 7) is 0.489. The smallest absolute Gasteiger partial charge is 0.265 e. The van der Waals surface area contributed by atoms with E-state index in [1.54, 1.807) is 55.8 Å². The largest absolute Gasteiger partial charge is 0.506 e. The van der Waals surface area contributed by atoms with Crippen LogP contribution in [-0.4, -0.2) is 20.4 Å². The first kappa shape index (κ1) is 19.6. The molecule has 2 N–H and O–H groups in total. The number of carbonyl (C=O) groups excluding carboxylic acids is 1. The molecule has 0 bridgehead atoms. The number of carbonyl (C=O) groups is 1. The van der Waals surface area contributed by atoms with Crippen molar-refractivity contribution in [3.8, 4) is 5.75 Å². The molecule has 4 rings (SSSR count). The van der Waals surface area contributed by atoms with Gasteiger partial charge in [-0.1, -0.05) is 12.1 Å². The molecule has 7 heteroatoms. The van der Waals surface area contributed by atoms with E-state index in [2.05, 4.69) is 10.3 Å². The van der Waals surface area contributed by atoms with E-state index in [4.69, 9.17) is 4.42 Å². The summed E-state index contributed by atoms with van der Waals surface area (Å²) in [5.74, 6) is -0.164. The number of pyridine rings is 2. The average Bonchev–Trinajstić information content (AvgIpc) is 3.31. The number of nitrogens with one attached hydrogen (secondary N) is 1. The van der Waals surface area contributed by atoms with Gasteiger partial charge in [0, 0.05) is 37.8 Å². The molecule has 1 aromatic carbocycles. The maximum absolute atomic E-state index is 13.1. The molecule has 30 heavy (non-hydrogen) atoms. The fourth-order valence-electron chi connectivity index (χ4n) is 3.52. The number of aromatic nitrogens is 2. The van der Waals surface area contributed by atoms with E-state index in [9.17, 15) is 14.7 Å². The maximum atomic E-state index is 13.1. The summed E-state index contributed by atoms with van der Waals surface area (Å²) in [5.41, 5.74) is 0.829. The normalized spacial score (nSPS) is 12.2. The molecule has 0 aliphatic carbocycles. The number of fused-ring (bicyclic) bond motifs is 1. The molecule has 4 aromatic rings. The molecule has 0 saturated carbocycles. The van der Waals surface area contributed by atoms with Crippen LogP contribution in [0.5, 0.6) is 5.75 Å². The van der Waals surface area contributed by atoms with Gasteiger partial charge in [0.1, 0.15) is 17.1 Å². The van der Waals surface area contributed by atoms with Crippen LogP contribution in [-0.2, 0) is 13.6 Å². The van der Waals surface area contributed by atoms with E-state index in [0.29, 0.717) is 23.2 Å². The van der Waals surface area contributed by atoms with E-state index in [1.807, 2.05) is 12.1 Å². The van der Waals surface area contributed by atoms with Gasteiger partial charge < -0.3 is 19.4 Å². The van der Waals surface area contributed by atoms with E-state index >= 15 is 0 Å². The summed E-state index contributed by atoms with van der Waals surface area (Å²) < 4.78 is 6.89. The Kier molecular flexibility index (Phi) is 5.45. The molecule has 0 spiro atoms. The van der Waals surface area contributed by atoms with Gasteiger partial charge in [0.15, 0.2) is 5.78 Å². The van der Waals surface area contributed by atoms with Crippen molar-refractivity contribution >= 4 is 16.7 Å². The van der Waals surface area contributed by atoms with Crippen LogP contribution < -0.4 is 10.9 Å². The number of ketones is 1. The highest BCUT2D eigenvalue weighted by atomic mass is 16.3. The number of rotatable bonds is 7. The number of hydrogen-bond acceptors (Lipinski definition) is 6. The van der Waals surface area contributed by atoms with Crippen molar-refractivity contribution in [3.63, 3.8) is 0 Å². The Morgan fingerprint density at radius 1 is 1.17 bits per heavy atom. The molecule has 0 fully saturated rings. The van der Waals surface area contributed by atoms with Crippen LogP contribution in [0, 0.1) is 0 Å². The molecule has 0 aliphatic rings. The monoisotopic (exact) mass is 403 g/mol. The van der Waals surface area contributed by atoms with Crippen molar-refractivity contribution in [2.24, 2.45) is 7.05 Å². The second kappa shape index (κ2) is 8.34. The number of aromatic hydroxyl groups is 1. The van der Waals surface area contributed by atoms with Crippen molar-refractivity contribution in [1.82, 2.24) is 14.9 Å². The van der Waals surface area contributed by atoms with Gasteiger partial charge in [0.05, 0.1) is 17.8 Å². The number of nitrogens with zero attached hydrogens (tertiary/aromatic N) is 2. The van der Waals surface area contributed by atoms with Gasteiger partial charge in [-0.05, 0) is 42.0 Å². The summed E-state index contributed by atoms with van der Waals surface area (Å²) in [6, 6.07) is 13.7. The third-order valence-corrected chi connectivity index (χ3v) is 5.13. The molecule has 0 radical (unpaired) electrons. The fraction of sp³-hybridized carbons (Fsp3) is 0.174. The molecule has 0 saturated heterocycles. The molecule has 0 aliphatic heterocycles. The van der Waals surface area contributed by atoms with Gasteiger partial charge >= 0.3 is 0 Å². The SMILES string of the molecule is Cn1c(=O)c(C(=O)C[C@H](NCc2ccncc2)c2ccco2)c(O)c2ccccc21. The molecule has 0 unspecified atom stereocenters. The van der Waals surface area contributed by atoms with Crippen molar-refractivity contribution < 1.29 is 14.3 Å². The zero-order valence-corrected chi connectivity index (χ0v) is 16.4. The fourth-order valence-corrected chi connectivity index (χ4v) is 3.52.